The van der Waals surface area contributed by atoms with E-state index in [4.69, 9.17) is 21.1 Å². The molecule has 0 unspecified atom stereocenters. The highest BCUT2D eigenvalue weighted by Crippen LogP contribution is 2.35. The van der Waals surface area contributed by atoms with Gasteiger partial charge in [-0.25, -0.2) is 0 Å². The monoisotopic (exact) mass is 402 g/mol. The van der Waals surface area contributed by atoms with Crippen molar-refractivity contribution in [2.75, 3.05) is 31.2 Å². The zero-order chi connectivity index (χ0) is 19.7. The van der Waals surface area contributed by atoms with Gasteiger partial charge in [-0.15, -0.1) is 0 Å². The molecule has 0 spiro atoms. The summed E-state index contributed by atoms with van der Waals surface area (Å²) >= 11 is 5.90. The first-order valence-corrected chi connectivity index (χ1v) is 9.53. The number of nitro benzene ring substituents is 1. The molecule has 0 aromatic heterocycles. The van der Waals surface area contributed by atoms with E-state index >= 15 is 0 Å². The maximum Gasteiger partial charge on any atom is 0.294 e. The first kappa shape index (κ1) is 18.6. The Hall–Kier alpha value is -2.80. The van der Waals surface area contributed by atoms with Crippen molar-refractivity contribution in [3.05, 3.63) is 57.1 Å². The van der Waals surface area contributed by atoms with Crippen LogP contribution >= 0.6 is 11.6 Å². The number of Topliss-reactive ketones (excluding diaryl/α,β-unsaturated/α-hetero) is 1. The Bertz CT molecular complexity index is 925. The van der Waals surface area contributed by atoms with E-state index in [1.165, 1.54) is 6.07 Å². The summed E-state index contributed by atoms with van der Waals surface area (Å²) < 4.78 is 11.1. The Morgan fingerprint density at radius 1 is 1.07 bits per heavy atom. The lowest BCUT2D eigenvalue weighted by molar-refractivity contribution is -0.384. The molecular weight excluding hydrogens is 384 g/mol. The van der Waals surface area contributed by atoms with E-state index in [1.807, 2.05) is 4.90 Å². The molecule has 2 aromatic rings. The van der Waals surface area contributed by atoms with E-state index in [-0.39, 0.29) is 17.4 Å². The van der Waals surface area contributed by atoms with Gasteiger partial charge in [-0.2, -0.15) is 0 Å². The molecule has 0 radical (unpaired) electrons. The lowest BCUT2D eigenvalue weighted by Gasteiger charge is -2.32. The molecule has 146 valence electrons. The molecule has 0 aliphatic carbocycles. The molecule has 0 saturated carbocycles. The van der Waals surface area contributed by atoms with Crippen molar-refractivity contribution < 1.29 is 19.2 Å². The van der Waals surface area contributed by atoms with E-state index < -0.39 is 4.92 Å². The minimum absolute atomic E-state index is 0.0101. The first-order chi connectivity index (χ1) is 13.5. The van der Waals surface area contributed by atoms with E-state index in [0.717, 1.165) is 0 Å². The van der Waals surface area contributed by atoms with Crippen LogP contribution in [-0.4, -0.2) is 37.0 Å². The minimum atomic E-state index is -0.423. The fourth-order valence-electron chi connectivity index (χ4n) is 3.73. The molecule has 0 amide bonds. The Morgan fingerprint density at radius 2 is 1.79 bits per heavy atom. The number of fused-ring (bicyclic) bond motifs is 1. The molecular formula is C20H19ClN2O5. The Balaban J connectivity index is 1.46. The van der Waals surface area contributed by atoms with Crippen LogP contribution in [0, 0.1) is 16.0 Å². The molecule has 2 aliphatic rings. The van der Waals surface area contributed by atoms with Crippen molar-refractivity contribution >= 4 is 28.8 Å². The summed E-state index contributed by atoms with van der Waals surface area (Å²) in [6.45, 7) is 2.13. The average Bonchev–Trinajstić information content (AvgIpc) is 2.73. The number of nitro groups is 1. The van der Waals surface area contributed by atoms with E-state index in [2.05, 4.69) is 0 Å². The van der Waals surface area contributed by atoms with Gasteiger partial charge in [0.2, 0.25) is 0 Å². The molecule has 0 atom stereocenters. The smallest absolute Gasteiger partial charge is 0.294 e. The van der Waals surface area contributed by atoms with Crippen LogP contribution in [0.25, 0.3) is 0 Å². The van der Waals surface area contributed by atoms with Gasteiger partial charge >= 0.3 is 0 Å². The van der Waals surface area contributed by atoms with Crippen LogP contribution in [-0.2, 0) is 0 Å². The van der Waals surface area contributed by atoms with Gasteiger partial charge in [-0.3, -0.25) is 14.9 Å². The van der Waals surface area contributed by atoms with Crippen LogP contribution in [0.2, 0.25) is 5.02 Å². The van der Waals surface area contributed by atoms with Crippen molar-refractivity contribution in [2.45, 2.75) is 12.8 Å². The van der Waals surface area contributed by atoms with Crippen molar-refractivity contribution in [3.8, 4) is 11.5 Å². The Morgan fingerprint density at radius 3 is 2.50 bits per heavy atom. The van der Waals surface area contributed by atoms with Crippen LogP contribution in [0.3, 0.4) is 0 Å². The second-order valence-corrected chi connectivity index (χ2v) is 7.31. The number of halogens is 1. The van der Waals surface area contributed by atoms with E-state index in [9.17, 15) is 14.9 Å². The predicted molar refractivity (Wildman–Crippen MR) is 105 cm³/mol. The number of rotatable bonds is 4. The number of nitrogens with zero attached hydrogens (tertiary/aromatic N) is 2. The molecule has 2 heterocycles. The average molecular weight is 403 g/mol. The van der Waals surface area contributed by atoms with Crippen molar-refractivity contribution in [3.63, 3.8) is 0 Å². The third-order valence-electron chi connectivity index (χ3n) is 5.17. The van der Waals surface area contributed by atoms with Gasteiger partial charge < -0.3 is 14.4 Å². The van der Waals surface area contributed by atoms with Crippen molar-refractivity contribution in [1.82, 2.24) is 0 Å². The summed E-state index contributed by atoms with van der Waals surface area (Å²) in [6.07, 6.45) is 1.26. The van der Waals surface area contributed by atoms with Gasteiger partial charge in [0, 0.05) is 35.7 Å². The van der Waals surface area contributed by atoms with Crippen molar-refractivity contribution in [1.29, 1.82) is 0 Å². The molecule has 1 saturated heterocycles. The summed E-state index contributed by atoms with van der Waals surface area (Å²) in [7, 11) is 0. The first-order valence-electron chi connectivity index (χ1n) is 9.15. The van der Waals surface area contributed by atoms with Crippen LogP contribution in [0.4, 0.5) is 11.4 Å². The predicted octanol–water partition coefficient (Wildman–Crippen LogP) is 4.12. The number of hydrogen-bond donors (Lipinski definition) is 0. The summed E-state index contributed by atoms with van der Waals surface area (Å²) in [4.78, 5) is 25.8. The maximum atomic E-state index is 12.9. The largest absolute Gasteiger partial charge is 0.486 e. The topological polar surface area (TPSA) is 81.9 Å². The minimum Gasteiger partial charge on any atom is -0.486 e. The molecule has 2 aromatic carbocycles. The van der Waals surface area contributed by atoms with Crippen molar-refractivity contribution in [2.24, 2.45) is 5.92 Å². The van der Waals surface area contributed by atoms with Gasteiger partial charge in [0.05, 0.1) is 4.92 Å². The fourth-order valence-corrected chi connectivity index (χ4v) is 3.89. The van der Waals surface area contributed by atoms with E-state index in [1.54, 1.807) is 30.3 Å². The quantitative estimate of drug-likeness (QED) is 0.434. The lowest BCUT2D eigenvalue weighted by Crippen LogP contribution is -2.36. The number of carbonyl (C=O) groups excluding carboxylic acids is 1. The molecule has 7 nitrogen and oxygen atoms in total. The molecule has 4 rings (SSSR count). The third kappa shape index (κ3) is 3.62. The maximum absolute atomic E-state index is 12.9. The summed E-state index contributed by atoms with van der Waals surface area (Å²) in [5.74, 6) is 1.21. The fraction of sp³-hybridized carbons (Fsp3) is 0.350. The normalized spacial score (nSPS) is 16.7. The molecule has 2 aliphatic heterocycles. The number of hydrogen-bond acceptors (Lipinski definition) is 6. The number of benzene rings is 2. The Kier molecular flexibility index (Phi) is 5.09. The van der Waals surface area contributed by atoms with Crippen LogP contribution < -0.4 is 14.4 Å². The molecule has 8 heteroatoms. The second kappa shape index (κ2) is 7.67. The van der Waals surface area contributed by atoms with Gasteiger partial charge in [0.25, 0.3) is 5.69 Å². The standard InChI is InChI=1S/C20H19ClN2O5/c21-15-2-3-16(17(12-15)23(25)26)22-7-5-13(6-8-22)20(24)14-1-4-18-19(11-14)28-10-9-27-18/h1-4,11-13H,5-10H2. The highest BCUT2D eigenvalue weighted by molar-refractivity contribution is 6.30. The second-order valence-electron chi connectivity index (χ2n) is 6.87. The SMILES string of the molecule is O=C(c1ccc2c(c1)OCCO2)C1CCN(c2ccc(Cl)cc2[N+](=O)[O-])CC1. The van der Waals surface area contributed by atoms with Crippen LogP contribution in [0.1, 0.15) is 23.2 Å². The molecule has 28 heavy (non-hydrogen) atoms. The zero-order valence-electron chi connectivity index (χ0n) is 15.1. The number of carbonyl (C=O) groups is 1. The molecule has 1 fully saturated rings. The van der Waals surface area contributed by atoms with Crippen LogP contribution in [0.5, 0.6) is 11.5 Å². The molecule has 0 bridgehead atoms. The van der Waals surface area contributed by atoms with E-state index in [0.29, 0.717) is 66.9 Å². The number of ketones is 1. The zero-order valence-corrected chi connectivity index (χ0v) is 15.9. The molecule has 0 N–H and O–H groups in total. The number of anilines is 1. The highest BCUT2D eigenvalue weighted by atomic mass is 35.5. The van der Waals surface area contributed by atoms with Gasteiger partial charge in [-0.05, 0) is 43.2 Å². The van der Waals surface area contributed by atoms with Gasteiger partial charge in [0.1, 0.15) is 18.9 Å². The van der Waals surface area contributed by atoms with Gasteiger partial charge in [-0.1, -0.05) is 11.6 Å². The van der Waals surface area contributed by atoms with Crippen LogP contribution in [0.15, 0.2) is 36.4 Å². The Labute approximate surface area is 167 Å². The number of ether oxygens (including phenoxy) is 2. The summed E-state index contributed by atoms with van der Waals surface area (Å²) in [5, 5.41) is 11.7. The summed E-state index contributed by atoms with van der Waals surface area (Å²) in [6, 6.07) is 9.97. The lowest BCUT2D eigenvalue weighted by atomic mass is 9.88. The van der Waals surface area contributed by atoms with Gasteiger partial charge in [0.15, 0.2) is 17.3 Å². The summed E-state index contributed by atoms with van der Waals surface area (Å²) in [5.41, 5.74) is 1.14. The third-order valence-corrected chi connectivity index (χ3v) is 5.40. The number of piperidine rings is 1. The highest BCUT2D eigenvalue weighted by Gasteiger charge is 2.29.